The molecular weight excluding hydrogens is 230 g/mol. The average molecular weight is 253 g/mol. The van der Waals surface area contributed by atoms with E-state index in [9.17, 15) is 4.79 Å². The Morgan fingerprint density at radius 2 is 1.67 bits per heavy atom. The summed E-state index contributed by atoms with van der Waals surface area (Å²) in [6.45, 7) is 7.77. The first-order valence-electron chi connectivity index (χ1n) is 6.73. The molecule has 6 nitrogen and oxygen atoms in total. The Hall–Kier alpha value is -1.33. The summed E-state index contributed by atoms with van der Waals surface area (Å²) in [5, 5.41) is 14.9. The van der Waals surface area contributed by atoms with Crippen molar-refractivity contribution >= 4 is 5.91 Å². The maximum atomic E-state index is 12.0. The average Bonchev–Trinajstić information content (AvgIpc) is 2.76. The summed E-state index contributed by atoms with van der Waals surface area (Å²) >= 11 is 0. The first-order chi connectivity index (χ1) is 8.61. The molecule has 0 unspecified atom stereocenters. The molecule has 18 heavy (non-hydrogen) atoms. The van der Waals surface area contributed by atoms with Crippen molar-refractivity contribution in [2.75, 3.05) is 13.1 Å². The normalized spacial score (nSPS) is 16.2. The predicted octanol–water partition coefficient (Wildman–Crippen LogP) is 3.35. The van der Waals surface area contributed by atoms with Gasteiger partial charge in [-0.05, 0) is 43.1 Å². The van der Waals surface area contributed by atoms with Crippen LogP contribution in [0.1, 0.15) is 52.9 Å². The number of carbonyl (C=O) groups is 1. The van der Waals surface area contributed by atoms with Gasteiger partial charge in [-0.15, -0.1) is 10.2 Å². The molecule has 102 valence electrons. The SMILES string of the molecule is CCCN(CCC)C(=O)CCCC1(C)N=NN=N1. The predicted molar refractivity (Wildman–Crippen MR) is 69.1 cm³/mol. The van der Waals surface area contributed by atoms with Crippen LogP contribution in [0.5, 0.6) is 0 Å². The van der Waals surface area contributed by atoms with Gasteiger partial charge in [-0.2, -0.15) is 0 Å². The molecule has 6 heteroatoms. The highest BCUT2D eigenvalue weighted by Gasteiger charge is 2.26. The van der Waals surface area contributed by atoms with E-state index in [1.54, 1.807) is 0 Å². The van der Waals surface area contributed by atoms with Crippen molar-refractivity contribution in [3.8, 4) is 0 Å². The summed E-state index contributed by atoms with van der Waals surface area (Å²) in [6.07, 6.45) is 4.06. The van der Waals surface area contributed by atoms with E-state index in [-0.39, 0.29) is 5.91 Å². The second-order valence-corrected chi connectivity index (χ2v) is 4.83. The van der Waals surface area contributed by atoms with Crippen LogP contribution in [0.15, 0.2) is 20.7 Å². The minimum absolute atomic E-state index is 0.231. The molecule has 1 amide bonds. The summed E-state index contributed by atoms with van der Waals surface area (Å²) in [7, 11) is 0. The van der Waals surface area contributed by atoms with Gasteiger partial charge in [0.15, 0.2) is 5.66 Å². The molecule has 1 heterocycles. The molecule has 0 spiro atoms. The molecule has 1 aliphatic heterocycles. The van der Waals surface area contributed by atoms with Crippen molar-refractivity contribution in [2.45, 2.75) is 58.5 Å². The van der Waals surface area contributed by atoms with Crippen LogP contribution < -0.4 is 0 Å². The Morgan fingerprint density at radius 1 is 1.11 bits per heavy atom. The van der Waals surface area contributed by atoms with Gasteiger partial charge in [-0.25, -0.2) is 0 Å². The zero-order valence-electron chi connectivity index (χ0n) is 11.6. The highest BCUT2D eigenvalue weighted by atomic mass is 16.2. The maximum absolute atomic E-state index is 12.0. The highest BCUT2D eigenvalue weighted by molar-refractivity contribution is 5.76. The third kappa shape index (κ3) is 4.50. The quantitative estimate of drug-likeness (QED) is 0.654. The van der Waals surface area contributed by atoms with Crippen LogP contribution in [0, 0.1) is 0 Å². The number of hydrogen-bond acceptors (Lipinski definition) is 5. The third-order valence-electron chi connectivity index (χ3n) is 2.94. The van der Waals surface area contributed by atoms with Gasteiger partial charge in [0.25, 0.3) is 0 Å². The number of amides is 1. The smallest absolute Gasteiger partial charge is 0.222 e. The Balaban J connectivity index is 2.30. The van der Waals surface area contributed by atoms with Crippen LogP contribution in [0.3, 0.4) is 0 Å². The lowest BCUT2D eigenvalue weighted by Crippen LogP contribution is -2.32. The van der Waals surface area contributed by atoms with Crippen molar-refractivity contribution in [1.29, 1.82) is 0 Å². The first kappa shape index (κ1) is 14.7. The van der Waals surface area contributed by atoms with Crippen molar-refractivity contribution in [3.63, 3.8) is 0 Å². The molecule has 0 fully saturated rings. The topological polar surface area (TPSA) is 69.8 Å². The zero-order chi connectivity index (χ0) is 13.4. The van der Waals surface area contributed by atoms with E-state index < -0.39 is 5.66 Å². The maximum Gasteiger partial charge on any atom is 0.222 e. The molecule has 0 saturated carbocycles. The molecule has 0 aromatic carbocycles. The molecule has 0 aromatic rings. The van der Waals surface area contributed by atoms with Crippen LogP contribution in [-0.4, -0.2) is 29.6 Å². The lowest BCUT2D eigenvalue weighted by atomic mass is 10.1. The van der Waals surface area contributed by atoms with E-state index >= 15 is 0 Å². The van der Waals surface area contributed by atoms with Gasteiger partial charge >= 0.3 is 0 Å². The van der Waals surface area contributed by atoms with Crippen molar-refractivity contribution in [3.05, 3.63) is 0 Å². The van der Waals surface area contributed by atoms with Crippen molar-refractivity contribution < 1.29 is 4.79 Å². The lowest BCUT2D eigenvalue weighted by molar-refractivity contribution is -0.131. The number of hydrogen-bond donors (Lipinski definition) is 0. The van der Waals surface area contributed by atoms with Crippen LogP contribution in [0.4, 0.5) is 0 Å². The van der Waals surface area contributed by atoms with E-state index in [2.05, 4.69) is 34.5 Å². The summed E-state index contributed by atoms with van der Waals surface area (Å²) in [4.78, 5) is 14.0. The highest BCUT2D eigenvalue weighted by Crippen LogP contribution is 2.25. The fourth-order valence-corrected chi connectivity index (χ4v) is 1.99. The Kier molecular flexibility index (Phi) is 5.88. The van der Waals surface area contributed by atoms with Crippen LogP contribution in [0.2, 0.25) is 0 Å². The van der Waals surface area contributed by atoms with Gasteiger partial charge in [-0.1, -0.05) is 13.8 Å². The largest absolute Gasteiger partial charge is 0.343 e. The molecule has 0 aliphatic carbocycles. The van der Waals surface area contributed by atoms with E-state index in [0.717, 1.165) is 38.8 Å². The minimum atomic E-state index is -0.541. The lowest BCUT2D eigenvalue weighted by Gasteiger charge is -2.22. The number of rotatable bonds is 8. The molecule has 0 atom stereocenters. The Labute approximate surface area is 109 Å². The number of carbonyl (C=O) groups excluding carboxylic acids is 1. The first-order valence-corrected chi connectivity index (χ1v) is 6.73. The van der Waals surface area contributed by atoms with Gasteiger partial charge in [0.2, 0.25) is 5.91 Å². The molecule has 1 rings (SSSR count). The third-order valence-corrected chi connectivity index (χ3v) is 2.94. The summed E-state index contributed by atoms with van der Waals surface area (Å²) < 4.78 is 0. The van der Waals surface area contributed by atoms with Crippen LogP contribution >= 0.6 is 0 Å². The minimum Gasteiger partial charge on any atom is -0.343 e. The second-order valence-electron chi connectivity index (χ2n) is 4.83. The van der Waals surface area contributed by atoms with Crippen LogP contribution in [-0.2, 0) is 4.79 Å². The molecule has 1 aliphatic rings. The van der Waals surface area contributed by atoms with E-state index in [0.29, 0.717) is 6.42 Å². The fraction of sp³-hybridized carbons (Fsp3) is 0.917. The van der Waals surface area contributed by atoms with Gasteiger partial charge in [0.05, 0.1) is 0 Å². The van der Waals surface area contributed by atoms with Gasteiger partial charge in [0, 0.05) is 19.5 Å². The van der Waals surface area contributed by atoms with Crippen LogP contribution in [0.25, 0.3) is 0 Å². The monoisotopic (exact) mass is 253 g/mol. The fourth-order valence-electron chi connectivity index (χ4n) is 1.99. The van der Waals surface area contributed by atoms with Gasteiger partial charge < -0.3 is 4.90 Å². The second kappa shape index (κ2) is 7.18. The Morgan fingerprint density at radius 3 is 2.17 bits per heavy atom. The number of nitrogens with zero attached hydrogens (tertiary/aromatic N) is 5. The Bertz CT molecular complexity index is 308. The summed E-state index contributed by atoms with van der Waals surface area (Å²) in [5.74, 6) is 0.231. The molecule has 0 bridgehead atoms. The van der Waals surface area contributed by atoms with Crippen molar-refractivity contribution in [2.24, 2.45) is 20.7 Å². The van der Waals surface area contributed by atoms with E-state index in [4.69, 9.17) is 0 Å². The molecule has 0 radical (unpaired) electrons. The molecule has 0 aromatic heterocycles. The van der Waals surface area contributed by atoms with E-state index in [1.807, 2.05) is 11.8 Å². The van der Waals surface area contributed by atoms with E-state index in [1.165, 1.54) is 0 Å². The summed E-state index contributed by atoms with van der Waals surface area (Å²) in [5.41, 5.74) is -0.541. The van der Waals surface area contributed by atoms with Crippen molar-refractivity contribution in [1.82, 2.24) is 4.90 Å². The molecule has 0 N–H and O–H groups in total. The molecule has 0 saturated heterocycles. The standard InChI is InChI=1S/C12H23N5O/c1-4-9-17(10-5-2)11(18)7-6-8-12(3)13-15-16-14-12/h4-10H2,1-3H3. The summed E-state index contributed by atoms with van der Waals surface area (Å²) in [6, 6.07) is 0. The zero-order valence-corrected chi connectivity index (χ0v) is 11.6. The van der Waals surface area contributed by atoms with Gasteiger partial charge in [0.1, 0.15) is 0 Å². The molecular formula is C12H23N5O. The van der Waals surface area contributed by atoms with Gasteiger partial charge in [-0.3, -0.25) is 4.79 Å².